The van der Waals surface area contributed by atoms with Crippen molar-refractivity contribution in [2.75, 3.05) is 11.9 Å². The lowest BCUT2D eigenvalue weighted by atomic mass is 10.0. The number of carbonyl (C=O) groups excluding carboxylic acids is 2. The molecular formula is C25H20N4O2. The maximum absolute atomic E-state index is 12.9. The van der Waals surface area contributed by atoms with E-state index in [1.165, 1.54) is 0 Å². The molecule has 0 fully saturated rings. The molecule has 152 valence electrons. The molecule has 0 saturated heterocycles. The van der Waals surface area contributed by atoms with Crippen LogP contribution in [0.5, 0.6) is 0 Å². The second kappa shape index (κ2) is 7.91. The molecule has 0 spiro atoms. The highest BCUT2D eigenvalue weighted by Gasteiger charge is 2.26. The first-order valence-corrected chi connectivity index (χ1v) is 10.1. The van der Waals surface area contributed by atoms with Crippen LogP contribution in [-0.4, -0.2) is 35.1 Å². The number of hydrogen-bond acceptors (Lipinski definition) is 3. The van der Waals surface area contributed by atoms with E-state index in [0.717, 1.165) is 27.7 Å². The summed E-state index contributed by atoms with van der Waals surface area (Å²) in [6, 6.07) is 26.1. The number of aromatic amines is 1. The second-order valence-electron chi connectivity index (χ2n) is 7.37. The van der Waals surface area contributed by atoms with E-state index in [0.29, 0.717) is 11.4 Å². The van der Waals surface area contributed by atoms with Crippen molar-refractivity contribution in [2.24, 2.45) is 4.99 Å². The number of nitrogens with one attached hydrogen (secondary N) is 3. The van der Waals surface area contributed by atoms with Crippen LogP contribution in [0.2, 0.25) is 0 Å². The Balaban J connectivity index is 1.43. The highest BCUT2D eigenvalue weighted by molar-refractivity contribution is 6.19. The van der Waals surface area contributed by atoms with E-state index in [1.54, 1.807) is 6.07 Å². The molecule has 1 atom stereocenters. The lowest BCUT2D eigenvalue weighted by Crippen LogP contribution is -2.38. The first-order chi connectivity index (χ1) is 15.2. The van der Waals surface area contributed by atoms with Gasteiger partial charge in [0.05, 0.1) is 11.4 Å². The number of amides is 2. The van der Waals surface area contributed by atoms with Gasteiger partial charge in [0, 0.05) is 28.6 Å². The van der Waals surface area contributed by atoms with E-state index in [-0.39, 0.29) is 18.4 Å². The quantitative estimate of drug-likeness (QED) is 0.480. The van der Waals surface area contributed by atoms with Crippen LogP contribution in [0.1, 0.15) is 21.6 Å². The fourth-order valence-corrected chi connectivity index (χ4v) is 3.74. The molecule has 2 heterocycles. The third kappa shape index (κ3) is 3.71. The van der Waals surface area contributed by atoms with Crippen molar-refractivity contribution in [1.29, 1.82) is 0 Å². The maximum Gasteiger partial charge on any atom is 0.267 e. The van der Waals surface area contributed by atoms with Crippen LogP contribution in [0.25, 0.3) is 10.9 Å². The molecule has 1 aliphatic heterocycles. The molecule has 6 nitrogen and oxygen atoms in total. The summed E-state index contributed by atoms with van der Waals surface area (Å²) in [4.78, 5) is 33.4. The largest absolute Gasteiger partial charge is 0.351 e. The summed E-state index contributed by atoms with van der Waals surface area (Å²) >= 11 is 0. The molecule has 0 unspecified atom stereocenters. The number of aromatic nitrogens is 1. The molecule has 5 rings (SSSR count). The van der Waals surface area contributed by atoms with E-state index < -0.39 is 6.04 Å². The molecule has 31 heavy (non-hydrogen) atoms. The first kappa shape index (κ1) is 18.8. The number of fused-ring (bicyclic) bond motifs is 2. The lowest BCUT2D eigenvalue weighted by Gasteiger charge is -2.12. The van der Waals surface area contributed by atoms with Crippen molar-refractivity contribution in [3.63, 3.8) is 0 Å². The van der Waals surface area contributed by atoms with Gasteiger partial charge in [0.15, 0.2) is 0 Å². The van der Waals surface area contributed by atoms with Crippen molar-refractivity contribution in [3.05, 3.63) is 102 Å². The fraction of sp³-hybridized carbons (Fsp3) is 0.0800. The van der Waals surface area contributed by atoms with Gasteiger partial charge in [-0.2, -0.15) is 0 Å². The van der Waals surface area contributed by atoms with Gasteiger partial charge in [0.2, 0.25) is 0 Å². The minimum atomic E-state index is -0.754. The summed E-state index contributed by atoms with van der Waals surface area (Å²) in [6.45, 7) is 0.0877. The number of carbonyl (C=O) groups is 2. The Morgan fingerprint density at radius 2 is 1.68 bits per heavy atom. The summed E-state index contributed by atoms with van der Waals surface area (Å²) in [5.41, 5.74) is 4.54. The van der Waals surface area contributed by atoms with Gasteiger partial charge >= 0.3 is 0 Å². The molecule has 0 aliphatic carbocycles. The summed E-state index contributed by atoms with van der Waals surface area (Å²) in [5.74, 6) is -0.530. The molecule has 1 aromatic heterocycles. The minimum Gasteiger partial charge on any atom is -0.351 e. The Morgan fingerprint density at radius 1 is 0.935 bits per heavy atom. The summed E-state index contributed by atoms with van der Waals surface area (Å²) in [5, 5.41) is 6.75. The highest BCUT2D eigenvalue weighted by atomic mass is 16.2. The van der Waals surface area contributed by atoms with Gasteiger partial charge in [0.25, 0.3) is 11.8 Å². The van der Waals surface area contributed by atoms with E-state index >= 15 is 0 Å². The van der Waals surface area contributed by atoms with E-state index in [2.05, 4.69) is 15.6 Å². The van der Waals surface area contributed by atoms with Gasteiger partial charge in [-0.05, 0) is 18.2 Å². The van der Waals surface area contributed by atoms with Crippen LogP contribution in [0, 0.1) is 0 Å². The standard InChI is InChI=1S/C25H20N4O2/c30-24(21-14-17-10-4-6-12-19(17)27-21)26-15-22-25(31)29-20-13-7-5-11-18(20)23(28-22)16-8-2-1-3-9-16/h1-14,22,27H,15H2,(H,26,30)(H,29,31)/t22-/m1/s1. The van der Waals surface area contributed by atoms with E-state index in [1.807, 2.05) is 78.9 Å². The van der Waals surface area contributed by atoms with Gasteiger partial charge in [-0.25, -0.2) is 0 Å². The van der Waals surface area contributed by atoms with Crippen LogP contribution in [0.3, 0.4) is 0 Å². The Bertz CT molecular complexity index is 1270. The minimum absolute atomic E-state index is 0.0877. The molecule has 4 aromatic rings. The van der Waals surface area contributed by atoms with Crippen LogP contribution >= 0.6 is 0 Å². The van der Waals surface area contributed by atoms with Crippen molar-refractivity contribution in [1.82, 2.24) is 10.3 Å². The molecule has 1 aliphatic rings. The number of rotatable bonds is 4. The lowest BCUT2D eigenvalue weighted by molar-refractivity contribution is -0.117. The number of benzene rings is 3. The average molecular weight is 408 g/mol. The molecule has 6 heteroatoms. The van der Waals surface area contributed by atoms with Crippen LogP contribution in [0.15, 0.2) is 89.9 Å². The monoisotopic (exact) mass is 408 g/mol. The number of hydrogen-bond donors (Lipinski definition) is 3. The van der Waals surface area contributed by atoms with Crippen molar-refractivity contribution < 1.29 is 9.59 Å². The summed E-state index contributed by atoms with van der Waals surface area (Å²) in [7, 11) is 0. The first-order valence-electron chi connectivity index (χ1n) is 10.1. The molecule has 3 N–H and O–H groups in total. The van der Waals surface area contributed by atoms with Gasteiger partial charge in [-0.15, -0.1) is 0 Å². The number of benzodiazepines with no additional fused rings is 1. The molecule has 0 bridgehead atoms. The van der Waals surface area contributed by atoms with Crippen LogP contribution in [0.4, 0.5) is 5.69 Å². The number of nitrogens with zero attached hydrogens (tertiary/aromatic N) is 1. The van der Waals surface area contributed by atoms with Gasteiger partial charge in [0.1, 0.15) is 11.7 Å². The topological polar surface area (TPSA) is 86.3 Å². The summed E-state index contributed by atoms with van der Waals surface area (Å²) < 4.78 is 0. The number of anilines is 1. The predicted molar refractivity (Wildman–Crippen MR) is 122 cm³/mol. The van der Waals surface area contributed by atoms with E-state index in [9.17, 15) is 9.59 Å². The molecule has 0 radical (unpaired) electrons. The second-order valence-corrected chi connectivity index (χ2v) is 7.37. The zero-order chi connectivity index (χ0) is 21.2. The molecule has 2 amide bonds. The van der Waals surface area contributed by atoms with Crippen molar-refractivity contribution in [2.45, 2.75) is 6.04 Å². The zero-order valence-electron chi connectivity index (χ0n) is 16.6. The Labute approximate surface area is 179 Å². The smallest absolute Gasteiger partial charge is 0.267 e. The number of aliphatic imine (C=N–C) groups is 1. The molecule has 0 saturated carbocycles. The van der Waals surface area contributed by atoms with Crippen molar-refractivity contribution >= 4 is 34.1 Å². The highest BCUT2D eigenvalue weighted by Crippen LogP contribution is 2.24. The zero-order valence-corrected chi connectivity index (χ0v) is 16.6. The molecular weight excluding hydrogens is 388 g/mol. The van der Waals surface area contributed by atoms with Crippen molar-refractivity contribution in [3.8, 4) is 0 Å². The average Bonchev–Trinajstić information content (AvgIpc) is 3.19. The van der Waals surface area contributed by atoms with Crippen LogP contribution < -0.4 is 10.6 Å². The molecule has 3 aromatic carbocycles. The van der Waals surface area contributed by atoms with Gasteiger partial charge < -0.3 is 15.6 Å². The Morgan fingerprint density at radius 3 is 2.52 bits per heavy atom. The summed E-state index contributed by atoms with van der Waals surface area (Å²) in [6.07, 6.45) is 0. The van der Waals surface area contributed by atoms with Gasteiger partial charge in [-0.1, -0.05) is 66.7 Å². The predicted octanol–water partition coefficient (Wildman–Crippen LogP) is 3.76. The van der Waals surface area contributed by atoms with E-state index in [4.69, 9.17) is 4.99 Å². The third-order valence-corrected chi connectivity index (χ3v) is 5.31. The third-order valence-electron chi connectivity index (χ3n) is 5.31. The number of para-hydroxylation sites is 2. The fourth-order valence-electron chi connectivity index (χ4n) is 3.74. The SMILES string of the molecule is O=C(NC[C@H]1N=C(c2ccccc2)c2ccccc2NC1=O)c1cc2ccccc2[nH]1. The normalized spacial score (nSPS) is 15.5. The van der Waals surface area contributed by atoms with Gasteiger partial charge in [-0.3, -0.25) is 14.6 Å². The Kier molecular flexibility index (Phi) is 4.80. The maximum atomic E-state index is 12.9. The Hall–Kier alpha value is -4.19. The number of H-pyrrole nitrogens is 1. The van der Waals surface area contributed by atoms with Crippen LogP contribution in [-0.2, 0) is 4.79 Å².